The highest BCUT2D eigenvalue weighted by Gasteiger charge is 2.20. The second kappa shape index (κ2) is 7.28. The van der Waals surface area contributed by atoms with Crippen LogP contribution in [0.4, 0.5) is 0 Å². The highest BCUT2D eigenvalue weighted by Crippen LogP contribution is 2.38. The summed E-state index contributed by atoms with van der Waals surface area (Å²) in [4.78, 5) is 11.7. The molecule has 0 spiro atoms. The van der Waals surface area contributed by atoms with Gasteiger partial charge in [-0.05, 0) is 65.6 Å². The average molecular weight is 315 g/mol. The Morgan fingerprint density at radius 2 is 2.23 bits per heavy atom. The zero-order valence-corrected chi connectivity index (χ0v) is 14.2. The number of carbonyl (C=O) groups excluding carboxylic acids is 1. The summed E-state index contributed by atoms with van der Waals surface area (Å²) in [6.45, 7) is 2.87. The topological polar surface area (TPSA) is 29.1 Å². The van der Waals surface area contributed by atoms with Gasteiger partial charge < -0.3 is 5.32 Å². The van der Waals surface area contributed by atoms with Crippen molar-refractivity contribution in [1.82, 2.24) is 5.32 Å². The van der Waals surface area contributed by atoms with Crippen molar-refractivity contribution in [2.24, 2.45) is 0 Å². The van der Waals surface area contributed by atoms with Gasteiger partial charge in [0.1, 0.15) is 0 Å². The summed E-state index contributed by atoms with van der Waals surface area (Å²) in [6, 6.07) is 6.97. The lowest BCUT2D eigenvalue weighted by molar-refractivity contribution is -0.121. The molecule has 3 rings (SSSR count). The van der Waals surface area contributed by atoms with Crippen LogP contribution in [0.2, 0.25) is 0 Å². The minimum Gasteiger partial charge on any atom is -0.356 e. The van der Waals surface area contributed by atoms with E-state index in [4.69, 9.17) is 0 Å². The fraction of sp³-hybridized carbons (Fsp3) is 0.526. The van der Waals surface area contributed by atoms with Gasteiger partial charge >= 0.3 is 0 Å². The molecule has 0 radical (unpaired) electrons. The first-order valence-corrected chi connectivity index (χ1v) is 9.42. The lowest BCUT2D eigenvalue weighted by atomic mass is 9.80. The Hall–Kier alpha value is -1.35. The summed E-state index contributed by atoms with van der Waals surface area (Å²) in [7, 11) is 0. The third-order valence-electron chi connectivity index (χ3n) is 4.73. The molecule has 22 heavy (non-hydrogen) atoms. The van der Waals surface area contributed by atoms with Crippen molar-refractivity contribution in [3.63, 3.8) is 0 Å². The van der Waals surface area contributed by atoms with Crippen LogP contribution in [0.25, 0.3) is 10.1 Å². The number of carbonyl (C=O) groups is 1. The summed E-state index contributed by atoms with van der Waals surface area (Å²) >= 11 is 1.82. The van der Waals surface area contributed by atoms with Crippen LogP contribution in [0.5, 0.6) is 0 Å². The van der Waals surface area contributed by atoms with Crippen molar-refractivity contribution in [2.75, 3.05) is 6.54 Å². The molecule has 1 aliphatic carbocycles. The van der Waals surface area contributed by atoms with E-state index >= 15 is 0 Å². The molecule has 3 heteroatoms. The fourth-order valence-electron chi connectivity index (χ4n) is 3.05. The molecule has 118 valence electrons. The van der Waals surface area contributed by atoms with E-state index in [1.54, 1.807) is 0 Å². The zero-order valence-electron chi connectivity index (χ0n) is 13.4. The molecule has 1 aromatic carbocycles. The number of amides is 1. The van der Waals surface area contributed by atoms with E-state index in [1.165, 1.54) is 40.5 Å². The first-order chi connectivity index (χ1) is 10.8. The molecule has 0 aliphatic heterocycles. The summed E-state index contributed by atoms with van der Waals surface area (Å²) in [5.41, 5.74) is 2.89. The smallest absolute Gasteiger partial charge is 0.220 e. The molecule has 0 bridgehead atoms. The Labute approximate surface area is 136 Å². The van der Waals surface area contributed by atoms with Gasteiger partial charge in [-0.3, -0.25) is 4.79 Å². The highest BCUT2D eigenvalue weighted by atomic mass is 32.1. The lowest BCUT2D eigenvalue weighted by Gasteiger charge is -2.25. The van der Waals surface area contributed by atoms with Gasteiger partial charge in [-0.2, -0.15) is 0 Å². The number of nitrogens with one attached hydrogen (secondary N) is 1. The molecule has 1 aliphatic rings. The van der Waals surface area contributed by atoms with E-state index in [-0.39, 0.29) is 5.91 Å². The minimum absolute atomic E-state index is 0.191. The van der Waals surface area contributed by atoms with Crippen molar-refractivity contribution in [1.29, 1.82) is 0 Å². The van der Waals surface area contributed by atoms with E-state index in [2.05, 4.69) is 35.8 Å². The van der Waals surface area contributed by atoms with Crippen LogP contribution in [0.1, 0.15) is 62.5 Å². The number of hydrogen-bond acceptors (Lipinski definition) is 2. The Morgan fingerprint density at radius 1 is 1.36 bits per heavy atom. The Bertz CT molecular complexity index is 642. The van der Waals surface area contributed by atoms with Gasteiger partial charge in [0.15, 0.2) is 0 Å². The van der Waals surface area contributed by atoms with Crippen molar-refractivity contribution >= 4 is 27.3 Å². The lowest BCUT2D eigenvalue weighted by Crippen LogP contribution is -2.25. The second-order valence-electron chi connectivity index (χ2n) is 6.35. The maximum absolute atomic E-state index is 11.7. The monoisotopic (exact) mass is 315 g/mol. The first kappa shape index (κ1) is 15.5. The van der Waals surface area contributed by atoms with Crippen LogP contribution in [-0.4, -0.2) is 12.5 Å². The third-order valence-corrected chi connectivity index (χ3v) is 5.74. The highest BCUT2D eigenvalue weighted by molar-refractivity contribution is 7.17. The normalized spacial score (nSPS) is 15.0. The maximum Gasteiger partial charge on any atom is 0.220 e. The van der Waals surface area contributed by atoms with Gasteiger partial charge in [0.05, 0.1) is 0 Å². The average Bonchev–Trinajstić information content (AvgIpc) is 2.86. The Morgan fingerprint density at radius 3 is 2.95 bits per heavy atom. The molecular weight excluding hydrogens is 290 g/mol. The SMILES string of the molecule is CCCCC(=O)NCCc1csc2ccc(C3CCC3)cc12. The molecule has 1 fully saturated rings. The number of rotatable bonds is 7. The Balaban J connectivity index is 1.62. The molecule has 0 saturated heterocycles. The number of fused-ring (bicyclic) bond motifs is 1. The minimum atomic E-state index is 0.191. The summed E-state index contributed by atoms with van der Waals surface area (Å²) in [5, 5.41) is 6.70. The fourth-order valence-corrected chi connectivity index (χ4v) is 4.03. The van der Waals surface area contributed by atoms with Crippen LogP contribution >= 0.6 is 11.3 Å². The molecule has 1 heterocycles. The summed E-state index contributed by atoms with van der Waals surface area (Å²) in [5.74, 6) is 0.974. The summed E-state index contributed by atoms with van der Waals surface area (Å²) < 4.78 is 1.37. The van der Waals surface area contributed by atoms with Crippen LogP contribution in [0.15, 0.2) is 23.6 Å². The molecule has 2 nitrogen and oxygen atoms in total. The molecular formula is C19H25NOS. The number of thiophene rings is 1. The van der Waals surface area contributed by atoms with Crippen molar-refractivity contribution in [2.45, 2.75) is 57.8 Å². The maximum atomic E-state index is 11.7. The van der Waals surface area contributed by atoms with Crippen LogP contribution in [-0.2, 0) is 11.2 Å². The van der Waals surface area contributed by atoms with Crippen molar-refractivity contribution in [3.05, 3.63) is 34.7 Å². The molecule has 0 atom stereocenters. The predicted molar refractivity (Wildman–Crippen MR) is 94.7 cm³/mol. The van der Waals surface area contributed by atoms with Gasteiger partial charge in [0, 0.05) is 17.7 Å². The van der Waals surface area contributed by atoms with Gasteiger partial charge in [-0.15, -0.1) is 11.3 Å². The van der Waals surface area contributed by atoms with Gasteiger partial charge in [-0.1, -0.05) is 25.8 Å². The molecule has 1 saturated carbocycles. The molecule has 2 aromatic rings. The van der Waals surface area contributed by atoms with Gasteiger partial charge in [0.2, 0.25) is 5.91 Å². The second-order valence-corrected chi connectivity index (χ2v) is 7.26. The number of unbranched alkanes of at least 4 members (excludes halogenated alkanes) is 1. The Kier molecular flexibility index (Phi) is 5.14. The van der Waals surface area contributed by atoms with E-state index in [0.717, 1.165) is 31.7 Å². The van der Waals surface area contributed by atoms with E-state index in [1.807, 2.05) is 11.3 Å². The van der Waals surface area contributed by atoms with Crippen LogP contribution in [0.3, 0.4) is 0 Å². The van der Waals surface area contributed by atoms with E-state index in [0.29, 0.717) is 6.42 Å². The molecule has 0 unspecified atom stereocenters. The molecule has 1 aromatic heterocycles. The van der Waals surface area contributed by atoms with Crippen molar-refractivity contribution in [3.8, 4) is 0 Å². The standard InChI is InChI=1S/C19H25NOS/c1-2-3-7-19(21)20-11-10-16-13-22-18-9-8-15(12-17(16)18)14-5-4-6-14/h8-9,12-14H,2-7,10-11H2,1H3,(H,20,21). The van der Waals surface area contributed by atoms with Crippen molar-refractivity contribution < 1.29 is 4.79 Å². The molecule has 1 N–H and O–H groups in total. The number of benzene rings is 1. The van der Waals surface area contributed by atoms with Gasteiger partial charge in [0.25, 0.3) is 0 Å². The third kappa shape index (κ3) is 3.52. The number of hydrogen-bond donors (Lipinski definition) is 1. The van der Waals surface area contributed by atoms with Gasteiger partial charge in [-0.25, -0.2) is 0 Å². The largest absolute Gasteiger partial charge is 0.356 e. The predicted octanol–water partition coefficient (Wildman–Crippen LogP) is 5.02. The first-order valence-electron chi connectivity index (χ1n) is 8.54. The molecule has 1 amide bonds. The van der Waals surface area contributed by atoms with Crippen LogP contribution in [0, 0.1) is 0 Å². The summed E-state index contributed by atoms with van der Waals surface area (Å²) in [6.07, 6.45) is 7.73. The quantitative estimate of drug-likeness (QED) is 0.764. The zero-order chi connectivity index (χ0) is 15.4. The van der Waals surface area contributed by atoms with Crippen LogP contribution < -0.4 is 5.32 Å². The van der Waals surface area contributed by atoms with E-state index < -0.39 is 0 Å². The van der Waals surface area contributed by atoms with E-state index in [9.17, 15) is 4.79 Å².